The number of carbonyl (C=O) groups is 1. The largest absolute Gasteiger partial charge is 0.298 e. The molecule has 0 bridgehead atoms. The summed E-state index contributed by atoms with van der Waals surface area (Å²) in [6, 6.07) is 5.95. The van der Waals surface area contributed by atoms with Crippen LogP contribution in [0.3, 0.4) is 0 Å². The molecule has 3 nitrogen and oxygen atoms in total. The number of hydrogen-bond acceptors (Lipinski definition) is 3. The summed E-state index contributed by atoms with van der Waals surface area (Å²) in [6.45, 7) is 1.82. The van der Waals surface area contributed by atoms with Gasteiger partial charge in [0.15, 0.2) is 9.84 Å². The highest BCUT2D eigenvalue weighted by Crippen LogP contribution is 2.12. The third kappa shape index (κ3) is 2.42. The van der Waals surface area contributed by atoms with Crippen molar-refractivity contribution in [2.75, 3.05) is 5.75 Å². The Hall–Kier alpha value is -1.16. The number of sulfone groups is 1. The van der Waals surface area contributed by atoms with Crippen LogP contribution in [0.15, 0.2) is 29.2 Å². The molecule has 0 aromatic heterocycles. The molecule has 0 saturated heterocycles. The van der Waals surface area contributed by atoms with Crippen LogP contribution in [0.25, 0.3) is 0 Å². The Morgan fingerprint density at radius 1 is 1.21 bits per heavy atom. The minimum Gasteiger partial charge on any atom is -0.298 e. The molecule has 0 aliphatic heterocycles. The van der Waals surface area contributed by atoms with E-state index in [0.717, 1.165) is 0 Å². The highest BCUT2D eigenvalue weighted by molar-refractivity contribution is 7.91. The molecule has 0 atom stereocenters. The van der Waals surface area contributed by atoms with Crippen molar-refractivity contribution in [3.05, 3.63) is 29.8 Å². The molecule has 0 spiro atoms. The van der Waals surface area contributed by atoms with Gasteiger partial charge in [0.05, 0.1) is 10.6 Å². The average molecular weight is 212 g/mol. The molecule has 4 heteroatoms. The van der Waals surface area contributed by atoms with Crippen molar-refractivity contribution in [2.45, 2.75) is 18.2 Å². The van der Waals surface area contributed by atoms with Gasteiger partial charge in [0.1, 0.15) is 6.29 Å². The van der Waals surface area contributed by atoms with E-state index in [0.29, 0.717) is 18.3 Å². The van der Waals surface area contributed by atoms with Crippen LogP contribution in [0.5, 0.6) is 0 Å². The van der Waals surface area contributed by atoms with E-state index in [-0.39, 0.29) is 10.6 Å². The van der Waals surface area contributed by atoms with Crippen LogP contribution in [-0.4, -0.2) is 20.5 Å². The van der Waals surface area contributed by atoms with Gasteiger partial charge in [0, 0.05) is 5.56 Å². The van der Waals surface area contributed by atoms with E-state index < -0.39 is 9.84 Å². The molecular formula is C10H12O3S. The zero-order valence-corrected chi connectivity index (χ0v) is 8.75. The molecule has 1 rings (SSSR count). The van der Waals surface area contributed by atoms with Crippen LogP contribution < -0.4 is 0 Å². The minimum absolute atomic E-state index is 0.146. The molecule has 1 aromatic rings. The van der Waals surface area contributed by atoms with Gasteiger partial charge in [0.2, 0.25) is 0 Å². The quantitative estimate of drug-likeness (QED) is 0.713. The lowest BCUT2D eigenvalue weighted by molar-refractivity contribution is 0.112. The summed E-state index contributed by atoms with van der Waals surface area (Å²) < 4.78 is 23.1. The number of benzene rings is 1. The van der Waals surface area contributed by atoms with Crippen molar-refractivity contribution in [1.29, 1.82) is 0 Å². The lowest BCUT2D eigenvalue weighted by Gasteiger charge is -2.01. The molecule has 14 heavy (non-hydrogen) atoms. The van der Waals surface area contributed by atoms with E-state index in [4.69, 9.17) is 0 Å². The van der Waals surface area contributed by atoms with Crippen molar-refractivity contribution >= 4 is 16.1 Å². The third-order valence-corrected chi connectivity index (χ3v) is 3.78. The Kier molecular flexibility index (Phi) is 3.41. The van der Waals surface area contributed by atoms with Crippen molar-refractivity contribution in [3.63, 3.8) is 0 Å². The van der Waals surface area contributed by atoms with Gasteiger partial charge in [-0.25, -0.2) is 8.42 Å². The highest BCUT2D eigenvalue weighted by Gasteiger charge is 2.11. The molecule has 0 heterocycles. The SMILES string of the molecule is CCCS(=O)(=O)c1ccc(C=O)cc1. The Balaban J connectivity index is 3.03. The van der Waals surface area contributed by atoms with Gasteiger partial charge in [-0.2, -0.15) is 0 Å². The predicted molar refractivity (Wildman–Crippen MR) is 54.2 cm³/mol. The normalized spacial score (nSPS) is 11.2. The molecule has 0 fully saturated rings. The topological polar surface area (TPSA) is 51.2 Å². The zero-order valence-electron chi connectivity index (χ0n) is 7.93. The van der Waals surface area contributed by atoms with Crippen LogP contribution >= 0.6 is 0 Å². The van der Waals surface area contributed by atoms with E-state index in [1.165, 1.54) is 24.3 Å². The first kappa shape index (κ1) is 10.9. The second-order valence-electron chi connectivity index (χ2n) is 3.01. The molecule has 76 valence electrons. The van der Waals surface area contributed by atoms with Gasteiger partial charge >= 0.3 is 0 Å². The van der Waals surface area contributed by atoms with Crippen molar-refractivity contribution < 1.29 is 13.2 Å². The van der Waals surface area contributed by atoms with E-state index >= 15 is 0 Å². The molecule has 0 aliphatic carbocycles. The lowest BCUT2D eigenvalue weighted by Crippen LogP contribution is -2.05. The van der Waals surface area contributed by atoms with Crippen molar-refractivity contribution in [1.82, 2.24) is 0 Å². The first-order valence-electron chi connectivity index (χ1n) is 4.38. The summed E-state index contributed by atoms with van der Waals surface area (Å²) in [5.74, 6) is 0.146. The van der Waals surface area contributed by atoms with Gasteiger partial charge in [-0.3, -0.25) is 4.79 Å². The first-order chi connectivity index (χ1) is 6.60. The molecule has 1 aromatic carbocycles. The molecule has 0 saturated carbocycles. The smallest absolute Gasteiger partial charge is 0.178 e. The molecule has 0 N–H and O–H groups in total. The number of rotatable bonds is 4. The maximum absolute atomic E-state index is 11.5. The Morgan fingerprint density at radius 2 is 1.79 bits per heavy atom. The fourth-order valence-corrected chi connectivity index (χ4v) is 2.46. The van der Waals surface area contributed by atoms with Gasteiger partial charge in [0.25, 0.3) is 0 Å². The Labute approximate surface area is 83.7 Å². The summed E-state index contributed by atoms with van der Waals surface area (Å²) in [6.07, 6.45) is 1.29. The summed E-state index contributed by atoms with van der Waals surface area (Å²) in [7, 11) is -3.15. The van der Waals surface area contributed by atoms with Crippen LogP contribution in [0.2, 0.25) is 0 Å². The maximum atomic E-state index is 11.5. The van der Waals surface area contributed by atoms with Crippen molar-refractivity contribution in [2.24, 2.45) is 0 Å². The summed E-state index contributed by atoms with van der Waals surface area (Å²) in [5.41, 5.74) is 0.487. The standard InChI is InChI=1S/C10H12O3S/c1-2-7-14(12,13)10-5-3-9(8-11)4-6-10/h3-6,8H,2,7H2,1H3. The van der Waals surface area contributed by atoms with E-state index in [2.05, 4.69) is 0 Å². The monoisotopic (exact) mass is 212 g/mol. The van der Waals surface area contributed by atoms with Gasteiger partial charge in [-0.15, -0.1) is 0 Å². The Bertz CT molecular complexity index is 403. The van der Waals surface area contributed by atoms with Gasteiger partial charge in [-0.05, 0) is 18.6 Å². The highest BCUT2D eigenvalue weighted by atomic mass is 32.2. The predicted octanol–water partition coefficient (Wildman–Crippen LogP) is 1.68. The van der Waals surface area contributed by atoms with Gasteiger partial charge in [-0.1, -0.05) is 19.1 Å². The first-order valence-corrected chi connectivity index (χ1v) is 6.03. The second-order valence-corrected chi connectivity index (χ2v) is 5.11. The fourth-order valence-electron chi connectivity index (χ4n) is 1.14. The van der Waals surface area contributed by atoms with E-state index in [9.17, 15) is 13.2 Å². The maximum Gasteiger partial charge on any atom is 0.178 e. The lowest BCUT2D eigenvalue weighted by atomic mass is 10.2. The molecule has 0 radical (unpaired) electrons. The second kappa shape index (κ2) is 4.37. The Morgan fingerprint density at radius 3 is 2.21 bits per heavy atom. The summed E-state index contributed by atoms with van der Waals surface area (Å²) >= 11 is 0. The summed E-state index contributed by atoms with van der Waals surface area (Å²) in [5, 5.41) is 0. The average Bonchev–Trinajstić information content (AvgIpc) is 2.18. The molecule has 0 unspecified atom stereocenters. The van der Waals surface area contributed by atoms with Gasteiger partial charge < -0.3 is 0 Å². The fraction of sp³-hybridized carbons (Fsp3) is 0.300. The van der Waals surface area contributed by atoms with E-state index in [1.54, 1.807) is 0 Å². The van der Waals surface area contributed by atoms with Crippen LogP contribution in [0, 0.1) is 0 Å². The molecule has 0 aliphatic rings. The van der Waals surface area contributed by atoms with Crippen molar-refractivity contribution in [3.8, 4) is 0 Å². The number of carbonyl (C=O) groups excluding carboxylic acids is 1. The zero-order chi connectivity index (χ0) is 10.6. The number of hydrogen-bond donors (Lipinski definition) is 0. The van der Waals surface area contributed by atoms with Crippen LogP contribution in [0.1, 0.15) is 23.7 Å². The van der Waals surface area contributed by atoms with E-state index in [1.807, 2.05) is 6.92 Å². The minimum atomic E-state index is -3.15. The van der Waals surface area contributed by atoms with Crippen LogP contribution in [0.4, 0.5) is 0 Å². The summed E-state index contributed by atoms with van der Waals surface area (Å²) in [4.78, 5) is 10.6. The third-order valence-electron chi connectivity index (χ3n) is 1.85. The molecular weight excluding hydrogens is 200 g/mol. The number of aldehydes is 1. The molecule has 0 amide bonds. The van der Waals surface area contributed by atoms with Crippen LogP contribution in [-0.2, 0) is 9.84 Å².